The number of nitrogens with one attached hydrogen (secondary N) is 1. The van der Waals surface area contributed by atoms with Crippen LogP contribution in [0.5, 0.6) is 5.75 Å². The van der Waals surface area contributed by atoms with Crippen molar-refractivity contribution in [1.82, 2.24) is 19.7 Å². The molecule has 0 radical (unpaired) electrons. The number of methoxy groups -OCH3 is 1. The summed E-state index contributed by atoms with van der Waals surface area (Å²) in [5.41, 5.74) is 0.946. The van der Waals surface area contributed by atoms with Crippen molar-refractivity contribution < 1.29 is 4.74 Å². The molecule has 6 heteroatoms. The number of hydrogen-bond donors (Lipinski definition) is 1. The van der Waals surface area contributed by atoms with Gasteiger partial charge in [-0.1, -0.05) is 0 Å². The maximum Gasteiger partial charge on any atom is 0.223 e. The van der Waals surface area contributed by atoms with Gasteiger partial charge in [0.1, 0.15) is 0 Å². The lowest BCUT2D eigenvalue weighted by Crippen LogP contribution is -2.04. The largest absolute Gasteiger partial charge is 0.494 e. The summed E-state index contributed by atoms with van der Waals surface area (Å²) in [4.78, 5) is 8.18. The summed E-state index contributed by atoms with van der Waals surface area (Å²) in [6.45, 7) is 0.604. The van der Waals surface area contributed by atoms with E-state index in [1.54, 1.807) is 24.2 Å². The number of hydrogen-bond acceptors (Lipinski definition) is 5. The average molecular weight is 219 g/mol. The van der Waals surface area contributed by atoms with Gasteiger partial charge in [0.05, 0.1) is 31.7 Å². The van der Waals surface area contributed by atoms with Crippen LogP contribution in [0, 0.1) is 0 Å². The van der Waals surface area contributed by atoms with E-state index >= 15 is 0 Å². The topological polar surface area (TPSA) is 64.9 Å². The third-order valence-corrected chi connectivity index (χ3v) is 2.06. The van der Waals surface area contributed by atoms with Crippen LogP contribution in [-0.4, -0.2) is 26.9 Å². The number of aromatic nitrogens is 4. The number of anilines is 1. The van der Waals surface area contributed by atoms with E-state index in [1.165, 1.54) is 0 Å². The van der Waals surface area contributed by atoms with E-state index in [0.717, 1.165) is 5.69 Å². The van der Waals surface area contributed by atoms with E-state index in [1.807, 2.05) is 19.3 Å². The van der Waals surface area contributed by atoms with Gasteiger partial charge in [-0.3, -0.25) is 4.68 Å². The summed E-state index contributed by atoms with van der Waals surface area (Å²) in [6.07, 6.45) is 5.13. The quantitative estimate of drug-likeness (QED) is 0.825. The average Bonchev–Trinajstić information content (AvgIpc) is 2.73. The van der Waals surface area contributed by atoms with Crippen LogP contribution in [0.15, 0.2) is 24.7 Å². The third-order valence-electron chi connectivity index (χ3n) is 2.06. The summed E-state index contributed by atoms with van der Waals surface area (Å²) in [6, 6.07) is 1.94. The van der Waals surface area contributed by atoms with Crippen LogP contribution in [-0.2, 0) is 13.6 Å². The van der Waals surface area contributed by atoms with E-state index in [4.69, 9.17) is 4.74 Å². The Balaban J connectivity index is 1.94. The predicted octanol–water partition coefficient (Wildman–Crippen LogP) is 0.831. The van der Waals surface area contributed by atoms with E-state index in [2.05, 4.69) is 20.4 Å². The predicted molar refractivity (Wildman–Crippen MR) is 59.1 cm³/mol. The zero-order valence-electron chi connectivity index (χ0n) is 9.21. The van der Waals surface area contributed by atoms with Crippen LogP contribution in [0.1, 0.15) is 5.69 Å². The Morgan fingerprint density at radius 1 is 1.38 bits per heavy atom. The van der Waals surface area contributed by atoms with Gasteiger partial charge >= 0.3 is 0 Å². The van der Waals surface area contributed by atoms with Gasteiger partial charge in [0.2, 0.25) is 5.95 Å². The molecule has 0 saturated heterocycles. The van der Waals surface area contributed by atoms with Crippen molar-refractivity contribution in [3.05, 3.63) is 30.4 Å². The SMILES string of the molecule is COc1cnc(NCc2ccn(C)n2)nc1. The molecular weight excluding hydrogens is 206 g/mol. The van der Waals surface area contributed by atoms with Gasteiger partial charge in [0.25, 0.3) is 0 Å². The van der Waals surface area contributed by atoms with E-state index in [0.29, 0.717) is 18.2 Å². The number of rotatable bonds is 4. The first-order chi connectivity index (χ1) is 7.78. The molecule has 0 atom stereocenters. The second-order valence-electron chi connectivity index (χ2n) is 3.28. The van der Waals surface area contributed by atoms with Gasteiger partial charge in [-0.25, -0.2) is 9.97 Å². The Labute approximate surface area is 93.3 Å². The highest BCUT2D eigenvalue weighted by molar-refractivity contribution is 5.27. The third kappa shape index (κ3) is 2.47. The van der Waals surface area contributed by atoms with E-state index < -0.39 is 0 Å². The maximum absolute atomic E-state index is 4.97. The van der Waals surface area contributed by atoms with Crippen molar-refractivity contribution >= 4 is 5.95 Å². The number of aryl methyl sites for hydroxylation is 1. The van der Waals surface area contributed by atoms with Gasteiger partial charge < -0.3 is 10.1 Å². The summed E-state index contributed by atoms with van der Waals surface area (Å²) < 4.78 is 6.72. The zero-order valence-corrected chi connectivity index (χ0v) is 9.21. The zero-order chi connectivity index (χ0) is 11.4. The molecule has 2 aromatic heterocycles. The Kier molecular flexibility index (Phi) is 3.00. The first-order valence-electron chi connectivity index (χ1n) is 4.86. The highest BCUT2D eigenvalue weighted by Gasteiger charge is 1.99. The fourth-order valence-electron chi connectivity index (χ4n) is 1.24. The second kappa shape index (κ2) is 4.61. The molecule has 2 aromatic rings. The minimum Gasteiger partial charge on any atom is -0.494 e. The molecule has 0 aliphatic carbocycles. The molecule has 84 valence electrons. The molecule has 0 aliphatic rings. The molecule has 2 heterocycles. The Morgan fingerprint density at radius 3 is 2.69 bits per heavy atom. The van der Waals surface area contributed by atoms with Crippen molar-refractivity contribution in [2.24, 2.45) is 7.05 Å². The molecule has 2 rings (SSSR count). The fourth-order valence-corrected chi connectivity index (χ4v) is 1.24. The molecule has 0 saturated carbocycles. The maximum atomic E-state index is 4.97. The lowest BCUT2D eigenvalue weighted by atomic mass is 10.4. The molecule has 0 amide bonds. The van der Waals surface area contributed by atoms with E-state index in [-0.39, 0.29) is 0 Å². The first kappa shape index (κ1) is 10.4. The number of nitrogens with zero attached hydrogens (tertiary/aromatic N) is 4. The number of ether oxygens (including phenoxy) is 1. The lowest BCUT2D eigenvalue weighted by molar-refractivity contribution is 0.411. The van der Waals surface area contributed by atoms with Crippen LogP contribution in [0.2, 0.25) is 0 Å². The monoisotopic (exact) mass is 219 g/mol. The van der Waals surface area contributed by atoms with Gasteiger partial charge in [-0.05, 0) is 6.07 Å². The van der Waals surface area contributed by atoms with Gasteiger partial charge in [-0.2, -0.15) is 5.10 Å². The highest BCUT2D eigenvalue weighted by Crippen LogP contribution is 2.07. The Morgan fingerprint density at radius 2 is 2.12 bits per heavy atom. The van der Waals surface area contributed by atoms with Crippen LogP contribution >= 0.6 is 0 Å². The summed E-state index contributed by atoms with van der Waals surface area (Å²) in [5.74, 6) is 1.20. The van der Waals surface area contributed by atoms with Crippen molar-refractivity contribution in [2.45, 2.75) is 6.54 Å². The smallest absolute Gasteiger partial charge is 0.223 e. The molecule has 0 bridgehead atoms. The standard InChI is InChI=1S/C10H13N5O/c1-15-4-3-8(14-15)5-11-10-12-6-9(16-2)7-13-10/h3-4,6-7H,5H2,1-2H3,(H,11,12,13). The van der Waals surface area contributed by atoms with Gasteiger partial charge in [0, 0.05) is 13.2 Å². The molecule has 16 heavy (non-hydrogen) atoms. The molecule has 6 nitrogen and oxygen atoms in total. The molecule has 0 aliphatic heterocycles. The highest BCUT2D eigenvalue weighted by atomic mass is 16.5. The van der Waals surface area contributed by atoms with Crippen LogP contribution < -0.4 is 10.1 Å². The molecule has 0 spiro atoms. The second-order valence-corrected chi connectivity index (χ2v) is 3.28. The van der Waals surface area contributed by atoms with E-state index in [9.17, 15) is 0 Å². The van der Waals surface area contributed by atoms with Gasteiger partial charge in [0.15, 0.2) is 5.75 Å². The molecule has 1 N–H and O–H groups in total. The lowest BCUT2D eigenvalue weighted by Gasteiger charge is -2.03. The van der Waals surface area contributed by atoms with Crippen molar-refractivity contribution in [3.8, 4) is 5.75 Å². The van der Waals surface area contributed by atoms with Gasteiger partial charge in [-0.15, -0.1) is 0 Å². The minimum atomic E-state index is 0.562. The molecular formula is C10H13N5O. The van der Waals surface area contributed by atoms with Crippen molar-refractivity contribution in [3.63, 3.8) is 0 Å². The fraction of sp³-hybridized carbons (Fsp3) is 0.300. The molecule has 0 unspecified atom stereocenters. The van der Waals surface area contributed by atoms with Crippen molar-refractivity contribution in [2.75, 3.05) is 12.4 Å². The normalized spacial score (nSPS) is 10.1. The summed E-state index contributed by atoms with van der Waals surface area (Å²) in [7, 11) is 3.47. The van der Waals surface area contributed by atoms with Crippen LogP contribution in [0.3, 0.4) is 0 Å². The summed E-state index contributed by atoms with van der Waals surface area (Å²) >= 11 is 0. The van der Waals surface area contributed by atoms with Crippen LogP contribution in [0.25, 0.3) is 0 Å². The van der Waals surface area contributed by atoms with Crippen molar-refractivity contribution in [1.29, 1.82) is 0 Å². The molecule has 0 aromatic carbocycles. The Hall–Kier alpha value is -2.11. The van der Waals surface area contributed by atoms with Crippen LogP contribution in [0.4, 0.5) is 5.95 Å². The molecule has 0 fully saturated rings. The minimum absolute atomic E-state index is 0.562. The Bertz CT molecular complexity index is 450. The first-order valence-corrected chi connectivity index (χ1v) is 4.86. The summed E-state index contributed by atoms with van der Waals surface area (Å²) in [5, 5.41) is 7.31.